The zero-order valence-electron chi connectivity index (χ0n) is 22.5. The summed E-state index contributed by atoms with van der Waals surface area (Å²) >= 11 is 1.20. The van der Waals surface area contributed by atoms with Crippen LogP contribution in [-0.4, -0.2) is 43.4 Å². The van der Waals surface area contributed by atoms with Crippen molar-refractivity contribution in [2.45, 2.75) is 33.7 Å². The highest BCUT2D eigenvalue weighted by Crippen LogP contribution is 2.33. The van der Waals surface area contributed by atoms with E-state index in [4.69, 9.17) is 18.9 Å². The molecule has 0 N–H and O–H groups in total. The van der Waals surface area contributed by atoms with Gasteiger partial charge in [0.25, 0.3) is 5.56 Å². The highest BCUT2D eigenvalue weighted by atomic mass is 32.1. The summed E-state index contributed by atoms with van der Waals surface area (Å²) in [5.74, 6) is -0.328. The van der Waals surface area contributed by atoms with Gasteiger partial charge in [0, 0.05) is 5.56 Å². The number of carbonyl (C=O) groups is 2. The molecule has 0 unspecified atom stereocenters. The van der Waals surface area contributed by atoms with Crippen molar-refractivity contribution in [3.8, 4) is 11.5 Å². The third kappa shape index (κ3) is 5.80. The molecule has 0 bridgehead atoms. The van der Waals surface area contributed by atoms with Gasteiger partial charge < -0.3 is 18.9 Å². The number of hydrogen-bond donors (Lipinski definition) is 0. The molecule has 1 aliphatic heterocycles. The molecule has 0 aliphatic carbocycles. The Morgan fingerprint density at radius 3 is 2.44 bits per heavy atom. The molecule has 9 nitrogen and oxygen atoms in total. The quantitative estimate of drug-likeness (QED) is 0.377. The molecule has 0 saturated carbocycles. The fraction of sp³-hybridized carbons (Fsp3) is 0.310. The summed E-state index contributed by atoms with van der Waals surface area (Å²) < 4.78 is 23.4. The van der Waals surface area contributed by atoms with Gasteiger partial charge in [-0.25, -0.2) is 14.6 Å². The van der Waals surface area contributed by atoms with E-state index in [1.807, 2.05) is 31.2 Å². The Bertz CT molecular complexity index is 1600. The standard InChI is InChI=1S/C29H30N2O7S/c1-6-36-23(32)16-38-26-20(9-8-10-21(26)35-5)15-22-27(33)31-25(19-13-11-17(3)12-14-19)24(28(34)37-7-2)18(4)30-29(31)39-22/h8-15,25H,6-7,16H2,1-5H3/b22-15-/t25-/m0/s1. The molecule has 0 radical (unpaired) electrons. The van der Waals surface area contributed by atoms with Crippen LogP contribution in [0.5, 0.6) is 11.5 Å². The second-order valence-electron chi connectivity index (χ2n) is 8.69. The third-order valence-electron chi connectivity index (χ3n) is 6.07. The van der Waals surface area contributed by atoms with E-state index in [-0.39, 0.29) is 25.4 Å². The summed E-state index contributed by atoms with van der Waals surface area (Å²) in [5, 5.41) is 0. The van der Waals surface area contributed by atoms with E-state index in [2.05, 4.69) is 4.99 Å². The predicted octanol–water partition coefficient (Wildman–Crippen LogP) is 3.06. The zero-order valence-corrected chi connectivity index (χ0v) is 23.3. The van der Waals surface area contributed by atoms with Crippen LogP contribution in [0.15, 0.2) is 63.5 Å². The van der Waals surface area contributed by atoms with Gasteiger partial charge in [0.2, 0.25) is 0 Å². The van der Waals surface area contributed by atoms with Crippen molar-refractivity contribution in [3.05, 3.63) is 90.1 Å². The summed E-state index contributed by atoms with van der Waals surface area (Å²) in [6, 6.07) is 12.2. The number of ether oxygens (including phenoxy) is 4. The lowest BCUT2D eigenvalue weighted by Crippen LogP contribution is -2.39. The van der Waals surface area contributed by atoms with Gasteiger partial charge in [0.1, 0.15) is 0 Å². The summed E-state index contributed by atoms with van der Waals surface area (Å²) in [4.78, 5) is 43.9. The molecule has 0 spiro atoms. The molecule has 1 atom stereocenters. The van der Waals surface area contributed by atoms with E-state index in [0.717, 1.165) is 11.1 Å². The van der Waals surface area contributed by atoms with Gasteiger partial charge in [-0.3, -0.25) is 9.36 Å². The average Bonchev–Trinajstić information content (AvgIpc) is 3.21. The number of fused-ring (bicyclic) bond motifs is 1. The van der Waals surface area contributed by atoms with Crippen LogP contribution in [0.25, 0.3) is 6.08 Å². The summed E-state index contributed by atoms with van der Waals surface area (Å²) in [6.07, 6.45) is 1.67. The highest BCUT2D eigenvalue weighted by Gasteiger charge is 2.33. The molecule has 2 aromatic carbocycles. The fourth-order valence-corrected chi connectivity index (χ4v) is 5.33. The van der Waals surface area contributed by atoms with E-state index in [1.165, 1.54) is 23.0 Å². The molecule has 0 fully saturated rings. The number of esters is 2. The minimum absolute atomic E-state index is 0.199. The van der Waals surface area contributed by atoms with Crippen LogP contribution in [0.1, 0.15) is 43.5 Å². The Hall–Kier alpha value is -4.18. The maximum absolute atomic E-state index is 13.9. The number of benzene rings is 2. The molecule has 1 aromatic heterocycles. The summed E-state index contributed by atoms with van der Waals surface area (Å²) in [7, 11) is 1.49. The van der Waals surface area contributed by atoms with Crippen LogP contribution in [0.2, 0.25) is 0 Å². The lowest BCUT2D eigenvalue weighted by atomic mass is 9.95. The summed E-state index contributed by atoms with van der Waals surface area (Å²) in [5.41, 5.74) is 2.85. The van der Waals surface area contributed by atoms with Crippen LogP contribution in [0.3, 0.4) is 0 Å². The Kier molecular flexibility index (Phi) is 8.65. The van der Waals surface area contributed by atoms with Crippen molar-refractivity contribution in [3.63, 3.8) is 0 Å². The van der Waals surface area contributed by atoms with Gasteiger partial charge in [-0.1, -0.05) is 53.3 Å². The molecule has 2 heterocycles. The van der Waals surface area contributed by atoms with Crippen LogP contribution >= 0.6 is 11.3 Å². The Balaban J connectivity index is 1.88. The normalized spacial score (nSPS) is 14.9. The van der Waals surface area contributed by atoms with Gasteiger partial charge in [-0.15, -0.1) is 0 Å². The third-order valence-corrected chi connectivity index (χ3v) is 7.05. The molecule has 10 heteroatoms. The van der Waals surface area contributed by atoms with E-state index in [0.29, 0.717) is 37.7 Å². The van der Waals surface area contributed by atoms with Crippen LogP contribution in [-0.2, 0) is 19.1 Å². The molecule has 4 rings (SSSR count). The largest absolute Gasteiger partial charge is 0.493 e. The number of thiazole rings is 1. The molecule has 0 amide bonds. The average molecular weight is 551 g/mol. The topological polar surface area (TPSA) is 105 Å². The van der Waals surface area contributed by atoms with Crippen molar-refractivity contribution in [2.24, 2.45) is 4.99 Å². The smallest absolute Gasteiger partial charge is 0.344 e. The first-order chi connectivity index (χ1) is 18.8. The van der Waals surface area contributed by atoms with E-state index in [1.54, 1.807) is 45.0 Å². The fourth-order valence-electron chi connectivity index (χ4n) is 4.29. The molecule has 0 saturated heterocycles. The number of hydrogen-bond acceptors (Lipinski definition) is 9. The summed E-state index contributed by atoms with van der Waals surface area (Å²) in [6.45, 7) is 7.28. The Labute approximate surface area is 229 Å². The first-order valence-corrected chi connectivity index (χ1v) is 13.3. The van der Waals surface area contributed by atoms with Gasteiger partial charge in [-0.05, 0) is 45.4 Å². The number of aromatic nitrogens is 1. The monoisotopic (exact) mass is 550 g/mol. The number of nitrogens with zero attached hydrogens (tertiary/aromatic N) is 2. The molecule has 39 heavy (non-hydrogen) atoms. The maximum atomic E-state index is 13.9. The molecule has 1 aliphatic rings. The number of rotatable bonds is 9. The van der Waals surface area contributed by atoms with Crippen LogP contribution in [0, 0.1) is 6.92 Å². The number of carbonyl (C=O) groups excluding carboxylic acids is 2. The van der Waals surface area contributed by atoms with Gasteiger partial charge in [0.05, 0.1) is 42.2 Å². The van der Waals surface area contributed by atoms with E-state index < -0.39 is 18.0 Å². The minimum Gasteiger partial charge on any atom is -0.493 e. The van der Waals surface area contributed by atoms with Crippen molar-refractivity contribution in [2.75, 3.05) is 26.9 Å². The molecular formula is C29H30N2O7S. The first kappa shape index (κ1) is 27.8. The molecular weight excluding hydrogens is 520 g/mol. The van der Waals surface area contributed by atoms with Gasteiger partial charge in [0.15, 0.2) is 22.9 Å². The van der Waals surface area contributed by atoms with Crippen molar-refractivity contribution >= 4 is 29.4 Å². The first-order valence-electron chi connectivity index (χ1n) is 12.5. The number of aryl methyl sites for hydroxylation is 1. The Morgan fingerprint density at radius 2 is 1.77 bits per heavy atom. The maximum Gasteiger partial charge on any atom is 0.344 e. The van der Waals surface area contributed by atoms with E-state index >= 15 is 0 Å². The van der Waals surface area contributed by atoms with Crippen molar-refractivity contribution in [1.82, 2.24) is 4.57 Å². The van der Waals surface area contributed by atoms with Crippen LogP contribution < -0.4 is 24.4 Å². The predicted molar refractivity (Wildman–Crippen MR) is 147 cm³/mol. The van der Waals surface area contributed by atoms with Gasteiger partial charge >= 0.3 is 11.9 Å². The number of para-hydroxylation sites is 1. The van der Waals surface area contributed by atoms with Crippen molar-refractivity contribution < 1.29 is 28.5 Å². The lowest BCUT2D eigenvalue weighted by molar-refractivity contribution is -0.145. The minimum atomic E-state index is -0.701. The second-order valence-corrected chi connectivity index (χ2v) is 9.69. The number of allylic oxidation sites excluding steroid dienone is 1. The Morgan fingerprint density at radius 1 is 1.05 bits per heavy atom. The van der Waals surface area contributed by atoms with E-state index in [9.17, 15) is 14.4 Å². The van der Waals surface area contributed by atoms with Gasteiger partial charge in [-0.2, -0.15) is 0 Å². The van der Waals surface area contributed by atoms with Crippen LogP contribution in [0.4, 0.5) is 0 Å². The van der Waals surface area contributed by atoms with Crippen molar-refractivity contribution in [1.29, 1.82) is 0 Å². The molecule has 204 valence electrons. The second kappa shape index (κ2) is 12.1. The lowest BCUT2D eigenvalue weighted by Gasteiger charge is -2.24. The highest BCUT2D eigenvalue weighted by molar-refractivity contribution is 7.07. The number of methoxy groups -OCH3 is 1. The molecule has 3 aromatic rings. The zero-order chi connectivity index (χ0) is 28.1. The SMILES string of the molecule is CCOC(=O)COc1c(/C=c2\sc3n(c2=O)[C@@H](c2ccc(C)cc2)C(C(=O)OCC)=C(C)N=3)cccc1OC.